The van der Waals surface area contributed by atoms with Crippen molar-refractivity contribution in [2.75, 3.05) is 19.6 Å². The van der Waals surface area contributed by atoms with Crippen LogP contribution in [-0.2, 0) is 17.9 Å². The summed E-state index contributed by atoms with van der Waals surface area (Å²) >= 11 is 0. The third-order valence-electron chi connectivity index (χ3n) is 5.28. The SMILES string of the molecule is CCNC(=NCc1cccc(CN2CCCC2=O)c1)NCC(C)Oc1ccccc1C. The minimum absolute atomic E-state index is 0.00582. The lowest BCUT2D eigenvalue weighted by Gasteiger charge is -2.19. The van der Waals surface area contributed by atoms with E-state index in [0.29, 0.717) is 26.1 Å². The first-order valence-electron chi connectivity index (χ1n) is 11.1. The van der Waals surface area contributed by atoms with Gasteiger partial charge in [-0.15, -0.1) is 0 Å². The molecule has 1 saturated heterocycles. The standard InChI is InChI=1S/C25H34N4O2/c1-4-26-25(27-16-20(3)31-23-12-6-5-9-19(23)2)28-17-21-10-7-11-22(15-21)18-29-14-8-13-24(29)30/h5-7,9-12,15,20H,4,8,13-14,16-18H2,1-3H3,(H2,26,27,28). The lowest BCUT2D eigenvalue weighted by Crippen LogP contribution is -2.41. The van der Waals surface area contributed by atoms with Crippen molar-refractivity contribution >= 4 is 11.9 Å². The van der Waals surface area contributed by atoms with Crippen LogP contribution in [0, 0.1) is 6.92 Å². The van der Waals surface area contributed by atoms with Crippen LogP contribution in [0.2, 0.25) is 0 Å². The Kier molecular flexibility index (Phi) is 8.33. The number of aliphatic imine (C=N–C) groups is 1. The van der Waals surface area contributed by atoms with Gasteiger partial charge < -0.3 is 20.3 Å². The smallest absolute Gasteiger partial charge is 0.222 e. The molecule has 6 nitrogen and oxygen atoms in total. The lowest BCUT2D eigenvalue weighted by molar-refractivity contribution is -0.128. The third kappa shape index (κ3) is 7.02. The Labute approximate surface area is 185 Å². The van der Waals surface area contributed by atoms with Crippen molar-refractivity contribution in [2.45, 2.75) is 52.8 Å². The predicted octanol–water partition coefficient (Wildman–Crippen LogP) is 3.64. The maximum atomic E-state index is 11.9. The number of ether oxygens (including phenoxy) is 1. The van der Waals surface area contributed by atoms with Crippen molar-refractivity contribution in [1.82, 2.24) is 15.5 Å². The van der Waals surface area contributed by atoms with Gasteiger partial charge in [0.25, 0.3) is 0 Å². The van der Waals surface area contributed by atoms with E-state index in [1.165, 1.54) is 0 Å². The van der Waals surface area contributed by atoms with Crippen molar-refractivity contribution in [3.05, 3.63) is 65.2 Å². The third-order valence-corrected chi connectivity index (χ3v) is 5.28. The highest BCUT2D eigenvalue weighted by molar-refractivity contribution is 5.79. The molecule has 1 atom stereocenters. The van der Waals surface area contributed by atoms with Gasteiger partial charge in [0.2, 0.25) is 5.91 Å². The molecule has 166 valence electrons. The Balaban J connectivity index is 1.54. The number of nitrogens with zero attached hydrogens (tertiary/aromatic N) is 2. The van der Waals surface area contributed by atoms with Crippen LogP contribution in [0.3, 0.4) is 0 Å². The number of para-hydroxylation sites is 1. The molecular weight excluding hydrogens is 388 g/mol. The molecule has 1 fully saturated rings. The van der Waals surface area contributed by atoms with Gasteiger partial charge in [0, 0.05) is 26.1 Å². The quantitative estimate of drug-likeness (QED) is 0.478. The van der Waals surface area contributed by atoms with Crippen LogP contribution in [-0.4, -0.2) is 42.5 Å². The van der Waals surface area contributed by atoms with Gasteiger partial charge in [0.05, 0.1) is 13.1 Å². The molecule has 1 amide bonds. The van der Waals surface area contributed by atoms with Gasteiger partial charge in [-0.2, -0.15) is 0 Å². The number of amides is 1. The molecule has 2 N–H and O–H groups in total. The topological polar surface area (TPSA) is 66.0 Å². The van der Waals surface area contributed by atoms with E-state index in [2.05, 4.69) is 48.7 Å². The van der Waals surface area contributed by atoms with E-state index < -0.39 is 0 Å². The summed E-state index contributed by atoms with van der Waals surface area (Å²) in [4.78, 5) is 18.5. The van der Waals surface area contributed by atoms with E-state index in [1.54, 1.807) is 0 Å². The van der Waals surface area contributed by atoms with Crippen LogP contribution in [0.1, 0.15) is 43.4 Å². The summed E-state index contributed by atoms with van der Waals surface area (Å²) < 4.78 is 6.05. The summed E-state index contributed by atoms with van der Waals surface area (Å²) in [6.07, 6.45) is 1.64. The van der Waals surface area contributed by atoms with Crippen LogP contribution in [0.15, 0.2) is 53.5 Å². The Hall–Kier alpha value is -3.02. The van der Waals surface area contributed by atoms with Crippen LogP contribution in [0.25, 0.3) is 0 Å². The number of hydrogen-bond acceptors (Lipinski definition) is 3. The van der Waals surface area contributed by atoms with Crippen molar-refractivity contribution in [1.29, 1.82) is 0 Å². The van der Waals surface area contributed by atoms with Crippen molar-refractivity contribution in [3.8, 4) is 5.75 Å². The van der Waals surface area contributed by atoms with E-state index >= 15 is 0 Å². The second-order valence-corrected chi connectivity index (χ2v) is 8.01. The molecule has 6 heteroatoms. The number of likely N-dealkylation sites (tertiary alicyclic amines) is 1. The minimum Gasteiger partial charge on any atom is -0.489 e. The number of aryl methyl sites for hydroxylation is 1. The summed E-state index contributed by atoms with van der Waals surface area (Å²) in [5, 5.41) is 6.66. The first-order valence-corrected chi connectivity index (χ1v) is 11.1. The first kappa shape index (κ1) is 22.7. The number of rotatable bonds is 9. The van der Waals surface area contributed by atoms with Crippen LogP contribution < -0.4 is 15.4 Å². The summed E-state index contributed by atoms with van der Waals surface area (Å²) in [6.45, 7) is 9.71. The zero-order valence-electron chi connectivity index (χ0n) is 18.9. The van der Waals surface area contributed by atoms with Gasteiger partial charge in [-0.3, -0.25) is 4.79 Å². The van der Waals surface area contributed by atoms with Gasteiger partial charge >= 0.3 is 0 Å². The number of carbonyl (C=O) groups excluding carboxylic acids is 1. The Morgan fingerprint density at radius 2 is 1.97 bits per heavy atom. The van der Waals surface area contributed by atoms with Crippen molar-refractivity contribution < 1.29 is 9.53 Å². The summed E-state index contributed by atoms with van der Waals surface area (Å²) in [5.41, 5.74) is 3.41. The molecule has 0 bridgehead atoms. The van der Waals surface area contributed by atoms with E-state index in [4.69, 9.17) is 9.73 Å². The highest BCUT2D eigenvalue weighted by atomic mass is 16.5. The molecule has 1 unspecified atom stereocenters. The van der Waals surface area contributed by atoms with Crippen LogP contribution >= 0.6 is 0 Å². The fraction of sp³-hybridized carbons (Fsp3) is 0.440. The molecule has 1 heterocycles. The average Bonchev–Trinajstić information content (AvgIpc) is 3.16. The Morgan fingerprint density at radius 1 is 1.16 bits per heavy atom. The molecule has 2 aromatic carbocycles. The monoisotopic (exact) mass is 422 g/mol. The van der Waals surface area contributed by atoms with Crippen LogP contribution in [0.5, 0.6) is 5.75 Å². The van der Waals surface area contributed by atoms with Gasteiger partial charge in [0.15, 0.2) is 5.96 Å². The molecule has 0 saturated carbocycles. The fourth-order valence-electron chi connectivity index (χ4n) is 3.62. The minimum atomic E-state index is 0.00582. The largest absolute Gasteiger partial charge is 0.489 e. The van der Waals surface area contributed by atoms with E-state index in [0.717, 1.165) is 47.9 Å². The zero-order chi connectivity index (χ0) is 22.1. The van der Waals surface area contributed by atoms with Crippen molar-refractivity contribution in [2.24, 2.45) is 4.99 Å². The molecule has 1 aliphatic rings. The molecule has 31 heavy (non-hydrogen) atoms. The molecule has 0 radical (unpaired) electrons. The maximum Gasteiger partial charge on any atom is 0.222 e. The predicted molar refractivity (Wildman–Crippen MR) is 125 cm³/mol. The number of nitrogens with one attached hydrogen (secondary N) is 2. The van der Waals surface area contributed by atoms with Crippen LogP contribution in [0.4, 0.5) is 0 Å². The lowest BCUT2D eigenvalue weighted by atomic mass is 10.1. The highest BCUT2D eigenvalue weighted by Gasteiger charge is 2.19. The van der Waals surface area contributed by atoms with Gasteiger partial charge in [0.1, 0.15) is 11.9 Å². The maximum absolute atomic E-state index is 11.9. The second-order valence-electron chi connectivity index (χ2n) is 8.01. The molecule has 1 aliphatic heterocycles. The van der Waals surface area contributed by atoms with Gasteiger partial charge in [-0.1, -0.05) is 42.5 Å². The highest BCUT2D eigenvalue weighted by Crippen LogP contribution is 2.18. The number of carbonyl (C=O) groups is 1. The van der Waals surface area contributed by atoms with E-state index in [-0.39, 0.29) is 12.0 Å². The molecule has 0 spiro atoms. The molecular formula is C25H34N4O2. The average molecular weight is 423 g/mol. The molecule has 2 aromatic rings. The molecule has 3 rings (SSSR count). The number of hydrogen-bond donors (Lipinski definition) is 2. The molecule has 0 aliphatic carbocycles. The number of benzene rings is 2. The normalized spacial score (nSPS) is 15.1. The fourth-order valence-corrected chi connectivity index (χ4v) is 3.62. The number of guanidine groups is 1. The molecule has 0 aromatic heterocycles. The summed E-state index contributed by atoms with van der Waals surface area (Å²) in [5.74, 6) is 1.93. The van der Waals surface area contributed by atoms with E-state index in [1.807, 2.05) is 36.1 Å². The zero-order valence-corrected chi connectivity index (χ0v) is 18.9. The summed E-state index contributed by atoms with van der Waals surface area (Å²) in [7, 11) is 0. The Bertz CT molecular complexity index is 897. The second kappa shape index (κ2) is 11.4. The van der Waals surface area contributed by atoms with E-state index in [9.17, 15) is 4.79 Å². The van der Waals surface area contributed by atoms with Gasteiger partial charge in [-0.05, 0) is 49.9 Å². The first-order chi connectivity index (χ1) is 15.0. The summed E-state index contributed by atoms with van der Waals surface area (Å²) in [6, 6.07) is 16.4. The Morgan fingerprint density at radius 3 is 2.71 bits per heavy atom. The van der Waals surface area contributed by atoms with Crippen molar-refractivity contribution in [3.63, 3.8) is 0 Å². The van der Waals surface area contributed by atoms with Gasteiger partial charge in [-0.25, -0.2) is 4.99 Å².